The zero-order chi connectivity index (χ0) is 10.1. The Kier molecular flexibility index (Phi) is 6.73. The summed E-state index contributed by atoms with van der Waals surface area (Å²) in [7, 11) is 0. The van der Waals surface area contributed by atoms with Crippen LogP contribution in [-0.2, 0) is 14.3 Å². The molecular formula is C7H9NO4S. The molecule has 6 heteroatoms. The molecule has 0 radical (unpaired) electrons. The number of carbonyl (C=O) groups is 2. The lowest BCUT2D eigenvalue weighted by molar-refractivity contribution is -0.137. The fourth-order valence-electron chi connectivity index (χ4n) is 0.519. The van der Waals surface area contributed by atoms with Gasteiger partial charge in [0.15, 0.2) is 0 Å². The standard InChI is InChI=1S/C7H9NO4S/c8-5-12-7(11)2-4-13-3-1-6(9)10/h1-4H2,(H,9,10). The predicted molar refractivity (Wildman–Crippen MR) is 45.9 cm³/mol. The highest BCUT2D eigenvalue weighted by molar-refractivity contribution is 7.99. The summed E-state index contributed by atoms with van der Waals surface area (Å²) in [6.07, 6.45) is 1.49. The van der Waals surface area contributed by atoms with E-state index < -0.39 is 11.9 Å². The molecule has 0 aromatic rings. The van der Waals surface area contributed by atoms with E-state index in [1.54, 1.807) is 0 Å². The maximum atomic E-state index is 10.6. The molecule has 13 heavy (non-hydrogen) atoms. The molecule has 0 aliphatic carbocycles. The SMILES string of the molecule is N#COC(=O)CCSCCC(=O)O. The fourth-order valence-corrected chi connectivity index (χ4v) is 1.35. The van der Waals surface area contributed by atoms with Gasteiger partial charge in [-0.25, -0.2) is 0 Å². The van der Waals surface area contributed by atoms with Gasteiger partial charge in [-0.1, -0.05) is 0 Å². The van der Waals surface area contributed by atoms with Crippen LogP contribution in [0.4, 0.5) is 0 Å². The lowest BCUT2D eigenvalue weighted by atomic mass is 10.5. The third-order valence-electron chi connectivity index (χ3n) is 1.07. The Morgan fingerprint density at radius 1 is 1.38 bits per heavy atom. The van der Waals surface area contributed by atoms with Crippen LogP contribution in [0.3, 0.4) is 0 Å². The minimum Gasteiger partial charge on any atom is -0.481 e. The van der Waals surface area contributed by atoms with Gasteiger partial charge in [-0.3, -0.25) is 9.59 Å². The molecule has 0 saturated carbocycles. The van der Waals surface area contributed by atoms with E-state index in [1.165, 1.54) is 18.0 Å². The van der Waals surface area contributed by atoms with Crippen LogP contribution in [-0.4, -0.2) is 28.6 Å². The summed E-state index contributed by atoms with van der Waals surface area (Å²) >= 11 is 1.34. The molecule has 72 valence electrons. The number of carboxylic acids is 1. The van der Waals surface area contributed by atoms with Crippen molar-refractivity contribution in [1.29, 1.82) is 5.26 Å². The lowest BCUT2D eigenvalue weighted by Crippen LogP contribution is -2.02. The highest BCUT2D eigenvalue weighted by atomic mass is 32.2. The summed E-state index contributed by atoms with van der Waals surface area (Å²) < 4.78 is 4.01. The number of thioether (sulfide) groups is 1. The van der Waals surface area contributed by atoms with Gasteiger partial charge < -0.3 is 9.84 Å². The largest absolute Gasteiger partial charge is 0.481 e. The molecule has 5 nitrogen and oxygen atoms in total. The Labute approximate surface area is 79.7 Å². The minimum atomic E-state index is -0.855. The number of ether oxygens (including phenoxy) is 1. The van der Waals surface area contributed by atoms with Crippen molar-refractivity contribution in [3.63, 3.8) is 0 Å². The number of carboxylic acid groups (broad SMARTS) is 1. The second-order valence-corrected chi connectivity index (χ2v) is 3.30. The van der Waals surface area contributed by atoms with Gasteiger partial charge in [-0.05, 0) is 0 Å². The van der Waals surface area contributed by atoms with E-state index >= 15 is 0 Å². The van der Waals surface area contributed by atoms with Crippen LogP contribution in [0.5, 0.6) is 0 Å². The van der Waals surface area contributed by atoms with Crippen molar-refractivity contribution in [2.24, 2.45) is 0 Å². The van der Waals surface area contributed by atoms with Crippen molar-refractivity contribution in [1.82, 2.24) is 0 Å². The smallest absolute Gasteiger partial charge is 0.322 e. The molecule has 0 atom stereocenters. The maximum Gasteiger partial charge on any atom is 0.322 e. The minimum absolute atomic E-state index is 0.0813. The van der Waals surface area contributed by atoms with Crippen LogP contribution in [0.15, 0.2) is 0 Å². The van der Waals surface area contributed by atoms with E-state index in [2.05, 4.69) is 4.74 Å². The van der Waals surface area contributed by atoms with Gasteiger partial charge in [0.2, 0.25) is 0 Å². The molecule has 0 unspecified atom stereocenters. The number of hydrogen-bond acceptors (Lipinski definition) is 5. The Bertz CT molecular complexity index is 223. The Hall–Kier alpha value is -1.22. The molecular weight excluding hydrogens is 194 g/mol. The average molecular weight is 203 g/mol. The van der Waals surface area contributed by atoms with Gasteiger partial charge in [-0.15, -0.1) is 5.26 Å². The normalized spacial score (nSPS) is 8.85. The van der Waals surface area contributed by atoms with Crippen LogP contribution >= 0.6 is 11.8 Å². The van der Waals surface area contributed by atoms with Crippen molar-refractivity contribution < 1.29 is 19.4 Å². The van der Waals surface area contributed by atoms with Gasteiger partial charge in [-0.2, -0.15) is 11.8 Å². The van der Waals surface area contributed by atoms with Crippen LogP contribution in [0.2, 0.25) is 0 Å². The Balaban J connectivity index is 3.22. The maximum absolute atomic E-state index is 10.6. The molecule has 0 heterocycles. The van der Waals surface area contributed by atoms with E-state index in [9.17, 15) is 9.59 Å². The number of carbonyl (C=O) groups excluding carboxylic acids is 1. The Morgan fingerprint density at radius 2 is 2.00 bits per heavy atom. The molecule has 0 aromatic heterocycles. The van der Waals surface area contributed by atoms with E-state index in [-0.39, 0.29) is 12.8 Å². The molecule has 0 aliphatic heterocycles. The molecule has 0 saturated heterocycles. The zero-order valence-electron chi connectivity index (χ0n) is 6.86. The first-order valence-corrected chi connectivity index (χ1v) is 4.70. The third-order valence-corrected chi connectivity index (χ3v) is 2.06. The fraction of sp³-hybridized carbons (Fsp3) is 0.571. The molecule has 0 aromatic carbocycles. The Morgan fingerprint density at radius 3 is 2.54 bits per heavy atom. The van der Waals surface area contributed by atoms with Crippen molar-refractivity contribution >= 4 is 23.7 Å². The van der Waals surface area contributed by atoms with Gasteiger partial charge in [0.25, 0.3) is 6.26 Å². The number of rotatable bonds is 6. The molecule has 0 bridgehead atoms. The quantitative estimate of drug-likeness (QED) is 0.386. The van der Waals surface area contributed by atoms with Crippen molar-refractivity contribution in [2.45, 2.75) is 12.8 Å². The first kappa shape index (κ1) is 11.8. The summed E-state index contributed by atoms with van der Waals surface area (Å²) in [6.45, 7) is 0. The second-order valence-electron chi connectivity index (χ2n) is 2.07. The average Bonchev–Trinajstić information content (AvgIpc) is 2.03. The van der Waals surface area contributed by atoms with E-state index in [0.717, 1.165) is 0 Å². The van der Waals surface area contributed by atoms with Crippen molar-refractivity contribution in [3.05, 3.63) is 0 Å². The summed E-state index contributed by atoms with van der Waals surface area (Å²) in [5, 5.41) is 16.2. The van der Waals surface area contributed by atoms with Gasteiger partial charge >= 0.3 is 11.9 Å². The first-order valence-electron chi connectivity index (χ1n) is 3.55. The molecule has 1 N–H and O–H groups in total. The second kappa shape index (κ2) is 7.43. The molecule has 0 fully saturated rings. The van der Waals surface area contributed by atoms with Crippen molar-refractivity contribution in [3.8, 4) is 6.26 Å². The summed E-state index contributed by atoms with van der Waals surface area (Å²) in [6, 6.07) is 0. The van der Waals surface area contributed by atoms with Gasteiger partial charge in [0.05, 0.1) is 12.8 Å². The highest BCUT2D eigenvalue weighted by Crippen LogP contribution is 2.04. The van der Waals surface area contributed by atoms with Crippen LogP contribution in [0, 0.1) is 11.5 Å². The van der Waals surface area contributed by atoms with E-state index in [1.807, 2.05) is 0 Å². The van der Waals surface area contributed by atoms with Gasteiger partial charge in [0, 0.05) is 11.5 Å². The predicted octanol–water partition coefficient (Wildman–Crippen LogP) is 0.609. The summed E-state index contributed by atoms with van der Waals surface area (Å²) in [4.78, 5) is 20.6. The van der Waals surface area contributed by atoms with E-state index in [4.69, 9.17) is 10.4 Å². The molecule has 0 rings (SSSR count). The van der Waals surface area contributed by atoms with Crippen LogP contribution < -0.4 is 0 Å². The van der Waals surface area contributed by atoms with Gasteiger partial charge in [0.1, 0.15) is 0 Å². The number of nitriles is 1. The monoisotopic (exact) mass is 203 g/mol. The molecule has 0 amide bonds. The molecule has 0 spiro atoms. The number of hydrogen-bond donors (Lipinski definition) is 1. The lowest BCUT2D eigenvalue weighted by Gasteiger charge is -1.96. The van der Waals surface area contributed by atoms with Crippen molar-refractivity contribution in [2.75, 3.05) is 11.5 Å². The first-order chi connectivity index (χ1) is 6.16. The summed E-state index contributed by atoms with van der Waals surface area (Å²) in [5.74, 6) is -0.486. The third kappa shape index (κ3) is 8.69. The van der Waals surface area contributed by atoms with E-state index in [0.29, 0.717) is 11.5 Å². The summed E-state index contributed by atoms with van der Waals surface area (Å²) in [5.41, 5.74) is 0. The number of nitrogens with zero attached hydrogens (tertiary/aromatic N) is 1. The van der Waals surface area contributed by atoms with Crippen LogP contribution in [0.1, 0.15) is 12.8 Å². The number of esters is 1. The topological polar surface area (TPSA) is 87.4 Å². The zero-order valence-corrected chi connectivity index (χ0v) is 7.67. The van der Waals surface area contributed by atoms with Crippen LogP contribution in [0.25, 0.3) is 0 Å². The highest BCUT2D eigenvalue weighted by Gasteiger charge is 2.02. The number of aliphatic carboxylic acids is 1. The molecule has 0 aliphatic rings.